The first-order chi connectivity index (χ1) is 9.79. The van der Waals surface area contributed by atoms with Gasteiger partial charge in [0.05, 0.1) is 7.11 Å². The first-order valence-corrected chi connectivity index (χ1v) is 6.91. The number of hydrogen-bond acceptors (Lipinski definition) is 5. The Bertz CT molecular complexity index is 617. The minimum atomic E-state index is -0.363. The fraction of sp³-hybridized carbons (Fsp3) is 0.500. The fourth-order valence-electron chi connectivity index (χ4n) is 2.75. The van der Waals surface area contributed by atoms with Crippen molar-refractivity contribution in [3.05, 3.63) is 29.7 Å². The Morgan fingerprint density at radius 3 is 3.15 bits per heavy atom. The van der Waals surface area contributed by atoms with Crippen LogP contribution in [0, 0.1) is 5.92 Å². The van der Waals surface area contributed by atoms with Crippen molar-refractivity contribution in [3.8, 4) is 0 Å². The van der Waals surface area contributed by atoms with Crippen LogP contribution in [0.1, 0.15) is 29.2 Å². The molecular weight excluding hydrogens is 256 g/mol. The molecule has 1 unspecified atom stereocenters. The normalized spacial score (nSPS) is 19.1. The molecular formula is C14H18N4O2. The molecule has 2 aromatic heterocycles. The van der Waals surface area contributed by atoms with Crippen molar-refractivity contribution in [1.29, 1.82) is 0 Å². The molecule has 0 aliphatic carbocycles. The number of fused-ring (bicyclic) bond motifs is 1. The number of nitrogens with zero attached hydrogens (tertiary/aromatic N) is 3. The molecule has 0 amide bonds. The number of carbonyl (C=O) groups excluding carboxylic acids is 1. The van der Waals surface area contributed by atoms with Gasteiger partial charge in [0, 0.05) is 6.42 Å². The third-order valence-electron chi connectivity index (χ3n) is 3.76. The van der Waals surface area contributed by atoms with Gasteiger partial charge in [0.2, 0.25) is 0 Å². The summed E-state index contributed by atoms with van der Waals surface area (Å²) >= 11 is 0. The van der Waals surface area contributed by atoms with Crippen molar-refractivity contribution < 1.29 is 9.53 Å². The number of aromatic nitrogens is 3. The molecule has 20 heavy (non-hydrogen) atoms. The highest BCUT2D eigenvalue weighted by atomic mass is 16.5. The minimum Gasteiger partial charge on any atom is -0.464 e. The van der Waals surface area contributed by atoms with Crippen LogP contribution in [0.4, 0.5) is 0 Å². The lowest BCUT2D eigenvalue weighted by Crippen LogP contribution is -2.31. The van der Waals surface area contributed by atoms with E-state index in [1.807, 2.05) is 6.07 Å². The number of hydrogen-bond donors (Lipinski definition) is 1. The zero-order valence-electron chi connectivity index (χ0n) is 11.5. The van der Waals surface area contributed by atoms with Crippen molar-refractivity contribution in [2.24, 2.45) is 5.92 Å². The van der Waals surface area contributed by atoms with Gasteiger partial charge in [-0.2, -0.15) is 0 Å². The minimum absolute atomic E-state index is 0.363. The Balaban J connectivity index is 1.96. The molecule has 1 aliphatic rings. The van der Waals surface area contributed by atoms with E-state index in [2.05, 4.69) is 15.5 Å². The second-order valence-electron chi connectivity index (χ2n) is 5.13. The molecule has 0 radical (unpaired) electrons. The Morgan fingerprint density at radius 1 is 1.50 bits per heavy atom. The van der Waals surface area contributed by atoms with Gasteiger partial charge in [0.15, 0.2) is 5.65 Å². The van der Waals surface area contributed by atoms with E-state index in [-0.39, 0.29) is 5.97 Å². The quantitative estimate of drug-likeness (QED) is 0.848. The van der Waals surface area contributed by atoms with E-state index in [9.17, 15) is 4.79 Å². The zero-order chi connectivity index (χ0) is 13.9. The first-order valence-electron chi connectivity index (χ1n) is 6.91. The Morgan fingerprint density at radius 2 is 2.40 bits per heavy atom. The summed E-state index contributed by atoms with van der Waals surface area (Å²) < 4.78 is 6.64. The van der Waals surface area contributed by atoms with Crippen molar-refractivity contribution in [1.82, 2.24) is 19.9 Å². The van der Waals surface area contributed by atoms with Crippen LogP contribution in [0.25, 0.3) is 5.65 Å². The molecule has 6 heteroatoms. The molecule has 1 saturated heterocycles. The molecule has 6 nitrogen and oxygen atoms in total. The van der Waals surface area contributed by atoms with E-state index in [1.54, 1.807) is 16.5 Å². The summed E-state index contributed by atoms with van der Waals surface area (Å²) in [6.45, 7) is 2.08. The van der Waals surface area contributed by atoms with E-state index >= 15 is 0 Å². The third kappa shape index (κ3) is 2.38. The van der Waals surface area contributed by atoms with Crippen molar-refractivity contribution in [2.45, 2.75) is 19.3 Å². The van der Waals surface area contributed by atoms with Crippen LogP contribution in [0.2, 0.25) is 0 Å². The molecule has 1 aliphatic heterocycles. The maximum absolute atomic E-state index is 11.9. The first kappa shape index (κ1) is 13.1. The Hall–Kier alpha value is -1.95. The van der Waals surface area contributed by atoms with E-state index in [1.165, 1.54) is 20.0 Å². The lowest BCUT2D eigenvalue weighted by atomic mass is 9.96. The number of rotatable bonds is 3. The summed E-state index contributed by atoms with van der Waals surface area (Å²) in [5, 5.41) is 11.8. The van der Waals surface area contributed by atoms with Gasteiger partial charge in [0.25, 0.3) is 0 Å². The van der Waals surface area contributed by atoms with Gasteiger partial charge in [-0.25, -0.2) is 4.79 Å². The van der Waals surface area contributed by atoms with Crippen molar-refractivity contribution in [2.75, 3.05) is 20.2 Å². The number of piperidine rings is 1. The van der Waals surface area contributed by atoms with E-state index in [4.69, 9.17) is 4.74 Å². The summed E-state index contributed by atoms with van der Waals surface area (Å²) in [5.41, 5.74) is 1.17. The molecule has 106 valence electrons. The van der Waals surface area contributed by atoms with Crippen LogP contribution in [0.5, 0.6) is 0 Å². The number of ether oxygens (including phenoxy) is 1. The monoisotopic (exact) mass is 274 g/mol. The lowest BCUT2D eigenvalue weighted by Gasteiger charge is -2.21. The molecule has 0 bridgehead atoms. The molecule has 1 N–H and O–H groups in total. The van der Waals surface area contributed by atoms with Crippen LogP contribution in [-0.4, -0.2) is 40.8 Å². The summed E-state index contributed by atoms with van der Waals surface area (Å²) in [5.74, 6) is 1.01. The average Bonchev–Trinajstić information content (AvgIpc) is 2.91. The summed E-state index contributed by atoms with van der Waals surface area (Å²) in [6.07, 6.45) is 3.19. The van der Waals surface area contributed by atoms with Crippen molar-refractivity contribution in [3.63, 3.8) is 0 Å². The van der Waals surface area contributed by atoms with Crippen LogP contribution in [0.3, 0.4) is 0 Å². The van der Waals surface area contributed by atoms with Gasteiger partial charge >= 0.3 is 5.97 Å². The Labute approximate surface area is 117 Å². The highest BCUT2D eigenvalue weighted by Gasteiger charge is 2.20. The van der Waals surface area contributed by atoms with Gasteiger partial charge in [0.1, 0.15) is 11.5 Å². The van der Waals surface area contributed by atoms with Gasteiger partial charge < -0.3 is 10.1 Å². The van der Waals surface area contributed by atoms with Crippen LogP contribution in [-0.2, 0) is 11.2 Å². The second-order valence-corrected chi connectivity index (χ2v) is 5.13. The van der Waals surface area contributed by atoms with Gasteiger partial charge in [-0.1, -0.05) is 6.07 Å². The maximum atomic E-state index is 11.9. The third-order valence-corrected chi connectivity index (χ3v) is 3.76. The largest absolute Gasteiger partial charge is 0.464 e. The van der Waals surface area contributed by atoms with Crippen LogP contribution < -0.4 is 5.32 Å². The number of nitrogens with one attached hydrogen (secondary N) is 1. The zero-order valence-corrected chi connectivity index (χ0v) is 11.5. The van der Waals surface area contributed by atoms with E-state index in [0.29, 0.717) is 17.3 Å². The Kier molecular flexibility index (Phi) is 3.64. The number of pyridine rings is 1. The highest BCUT2D eigenvalue weighted by molar-refractivity contribution is 5.88. The molecule has 3 heterocycles. The predicted octanol–water partition coefficient (Wildman–Crippen LogP) is 1.06. The second kappa shape index (κ2) is 5.58. The summed E-state index contributed by atoms with van der Waals surface area (Å²) in [7, 11) is 1.39. The lowest BCUT2D eigenvalue weighted by molar-refractivity contribution is 0.0591. The average molecular weight is 274 g/mol. The fourth-order valence-corrected chi connectivity index (χ4v) is 2.75. The summed E-state index contributed by atoms with van der Waals surface area (Å²) in [6, 6.07) is 5.38. The topological polar surface area (TPSA) is 68.5 Å². The van der Waals surface area contributed by atoms with Crippen LogP contribution in [0.15, 0.2) is 18.2 Å². The van der Waals surface area contributed by atoms with Crippen molar-refractivity contribution >= 4 is 11.6 Å². The smallest absolute Gasteiger partial charge is 0.355 e. The van der Waals surface area contributed by atoms with Crippen LogP contribution >= 0.6 is 0 Å². The molecule has 1 fully saturated rings. The predicted molar refractivity (Wildman–Crippen MR) is 73.6 cm³/mol. The van der Waals surface area contributed by atoms with Gasteiger partial charge in [-0.15, -0.1) is 10.2 Å². The molecule has 3 rings (SSSR count). The highest BCUT2D eigenvalue weighted by Crippen LogP contribution is 2.17. The molecule has 2 aromatic rings. The van der Waals surface area contributed by atoms with Gasteiger partial charge in [-0.05, 0) is 44.0 Å². The number of esters is 1. The van der Waals surface area contributed by atoms with Gasteiger partial charge in [-0.3, -0.25) is 4.40 Å². The summed E-state index contributed by atoms with van der Waals surface area (Å²) in [4.78, 5) is 11.9. The molecule has 0 aromatic carbocycles. The number of methoxy groups -OCH3 is 1. The SMILES string of the molecule is COC(=O)c1cccc2nnc(CC3CCCNC3)n12. The molecule has 0 spiro atoms. The standard InChI is InChI=1S/C14H18N4O2/c1-20-14(19)11-5-2-6-12-16-17-13(18(11)12)8-10-4-3-7-15-9-10/h2,5-6,10,15H,3-4,7-9H2,1H3. The van der Waals surface area contributed by atoms with E-state index in [0.717, 1.165) is 25.3 Å². The molecule has 0 saturated carbocycles. The maximum Gasteiger partial charge on any atom is 0.355 e. The van der Waals surface area contributed by atoms with E-state index < -0.39 is 0 Å². The molecule has 1 atom stereocenters. The number of carbonyl (C=O) groups is 1.